The van der Waals surface area contributed by atoms with Crippen molar-refractivity contribution in [2.75, 3.05) is 19.6 Å². The first-order valence-electron chi connectivity index (χ1n) is 8.43. The van der Waals surface area contributed by atoms with Crippen LogP contribution in [0.5, 0.6) is 0 Å². The van der Waals surface area contributed by atoms with Gasteiger partial charge in [0.25, 0.3) is 10.0 Å². The fourth-order valence-corrected chi connectivity index (χ4v) is 5.55. The Labute approximate surface area is 156 Å². The topological polar surface area (TPSA) is 109 Å². The largest absolute Gasteiger partial charge is 0.338 e. The number of nitrogens with one attached hydrogen (secondary N) is 2. The second-order valence-electron chi connectivity index (χ2n) is 6.05. The number of carbonyl (C=O) groups excluding carboxylic acids is 1. The van der Waals surface area contributed by atoms with Crippen LogP contribution >= 0.6 is 11.3 Å². The third kappa shape index (κ3) is 4.22. The van der Waals surface area contributed by atoms with Gasteiger partial charge in [0.1, 0.15) is 4.21 Å². The van der Waals surface area contributed by atoms with Crippen LogP contribution in [0.3, 0.4) is 0 Å². The number of urea groups is 1. The molecule has 1 saturated heterocycles. The molecule has 3 heterocycles. The average Bonchev–Trinajstić information content (AvgIpc) is 3.39. The zero-order valence-corrected chi connectivity index (χ0v) is 16.1. The number of nitrogens with zero attached hydrogens (tertiary/aromatic N) is 4. The molecule has 0 radical (unpaired) electrons. The van der Waals surface area contributed by atoms with Crippen molar-refractivity contribution in [1.29, 1.82) is 0 Å². The van der Waals surface area contributed by atoms with E-state index in [9.17, 15) is 13.2 Å². The number of sulfonamides is 1. The Morgan fingerprint density at radius 1 is 1.42 bits per heavy atom. The van der Waals surface area contributed by atoms with E-state index in [0.29, 0.717) is 36.9 Å². The van der Waals surface area contributed by atoms with E-state index in [1.165, 1.54) is 15.6 Å². The molecule has 2 aromatic heterocycles. The summed E-state index contributed by atoms with van der Waals surface area (Å²) in [6.07, 6.45) is 2.35. The lowest BCUT2D eigenvalue weighted by Gasteiger charge is -2.16. The Kier molecular flexibility index (Phi) is 5.89. The molecule has 9 nitrogen and oxygen atoms in total. The average molecular weight is 399 g/mol. The van der Waals surface area contributed by atoms with Crippen LogP contribution in [0.2, 0.25) is 0 Å². The van der Waals surface area contributed by atoms with Crippen molar-refractivity contribution in [3.8, 4) is 0 Å². The molecule has 11 heteroatoms. The number of amides is 2. The summed E-state index contributed by atoms with van der Waals surface area (Å²) in [4.78, 5) is 12.0. The maximum absolute atomic E-state index is 12.5. The fourth-order valence-electron chi connectivity index (χ4n) is 2.87. The molecular weight excluding hydrogens is 376 g/mol. The van der Waals surface area contributed by atoms with Gasteiger partial charge >= 0.3 is 6.03 Å². The van der Waals surface area contributed by atoms with Gasteiger partial charge in [-0.15, -0.1) is 16.4 Å². The Morgan fingerprint density at radius 3 is 3.00 bits per heavy atom. The van der Waals surface area contributed by atoms with Crippen LogP contribution in [0, 0.1) is 5.92 Å². The predicted molar refractivity (Wildman–Crippen MR) is 97.1 cm³/mol. The molecule has 2 N–H and O–H groups in total. The molecule has 0 aliphatic carbocycles. The molecule has 0 bridgehead atoms. The predicted octanol–water partition coefficient (Wildman–Crippen LogP) is 0.869. The maximum Gasteiger partial charge on any atom is 0.315 e. The van der Waals surface area contributed by atoms with Gasteiger partial charge in [-0.2, -0.15) is 4.31 Å². The molecule has 2 aromatic rings. The van der Waals surface area contributed by atoms with Crippen molar-refractivity contribution in [2.45, 2.75) is 30.6 Å². The fraction of sp³-hybridized carbons (Fsp3) is 0.533. The number of carbonyl (C=O) groups is 1. The quantitative estimate of drug-likeness (QED) is 0.719. The third-order valence-electron chi connectivity index (χ3n) is 4.32. The summed E-state index contributed by atoms with van der Waals surface area (Å²) in [5.41, 5.74) is 0.830. The highest BCUT2D eigenvalue weighted by Crippen LogP contribution is 2.26. The number of hydrogen-bond acceptors (Lipinski definition) is 6. The molecule has 1 aliphatic heterocycles. The van der Waals surface area contributed by atoms with Crippen molar-refractivity contribution >= 4 is 27.4 Å². The summed E-state index contributed by atoms with van der Waals surface area (Å²) in [7, 11) is -3.41. The number of aromatic nitrogens is 3. The van der Waals surface area contributed by atoms with Crippen LogP contribution in [0.25, 0.3) is 0 Å². The Bertz CT molecular complexity index is 833. The van der Waals surface area contributed by atoms with Crippen molar-refractivity contribution in [3.63, 3.8) is 0 Å². The van der Waals surface area contributed by atoms with Crippen LogP contribution in [-0.4, -0.2) is 53.4 Å². The summed E-state index contributed by atoms with van der Waals surface area (Å²) < 4.78 is 28.6. The summed E-state index contributed by atoms with van der Waals surface area (Å²) in [5.74, 6) is 0.110. The van der Waals surface area contributed by atoms with E-state index < -0.39 is 10.0 Å². The molecule has 0 aromatic carbocycles. The zero-order valence-electron chi connectivity index (χ0n) is 14.5. The highest BCUT2D eigenvalue weighted by molar-refractivity contribution is 7.91. The summed E-state index contributed by atoms with van der Waals surface area (Å²) >= 11 is 1.22. The lowest BCUT2D eigenvalue weighted by Crippen LogP contribution is -2.39. The molecule has 1 aliphatic rings. The minimum absolute atomic E-state index is 0.110. The van der Waals surface area contributed by atoms with Gasteiger partial charge in [0.2, 0.25) is 0 Å². The van der Waals surface area contributed by atoms with Crippen LogP contribution in [0.15, 0.2) is 27.9 Å². The molecule has 1 unspecified atom stereocenters. The number of rotatable bonds is 7. The lowest BCUT2D eigenvalue weighted by atomic mass is 10.1. The van der Waals surface area contributed by atoms with Gasteiger partial charge in [0.15, 0.2) is 0 Å². The summed E-state index contributed by atoms with van der Waals surface area (Å²) in [6, 6.07) is 3.07. The highest BCUT2D eigenvalue weighted by Gasteiger charge is 2.33. The summed E-state index contributed by atoms with van der Waals surface area (Å²) in [5, 5.41) is 15.1. The first-order valence-corrected chi connectivity index (χ1v) is 10.8. The molecule has 3 rings (SSSR count). The molecule has 0 saturated carbocycles. The molecule has 2 amide bonds. The Balaban J connectivity index is 1.44. The SMILES string of the molecule is CCn1nncc1CNC(=O)NCC1CCN(S(=O)(=O)c2cccs2)C1. The summed E-state index contributed by atoms with van der Waals surface area (Å²) in [6.45, 7) is 4.33. The second kappa shape index (κ2) is 8.14. The van der Waals surface area contributed by atoms with Crippen molar-refractivity contribution in [1.82, 2.24) is 29.9 Å². The number of hydrogen-bond donors (Lipinski definition) is 2. The van der Waals surface area contributed by atoms with E-state index in [1.54, 1.807) is 28.4 Å². The minimum Gasteiger partial charge on any atom is -0.338 e. The van der Waals surface area contributed by atoms with Crippen LogP contribution in [0.1, 0.15) is 19.0 Å². The molecule has 142 valence electrons. The molecule has 0 spiro atoms. The van der Waals surface area contributed by atoms with Crippen LogP contribution < -0.4 is 10.6 Å². The normalized spacial score (nSPS) is 18.1. The van der Waals surface area contributed by atoms with E-state index >= 15 is 0 Å². The smallest absolute Gasteiger partial charge is 0.315 e. The van der Waals surface area contributed by atoms with Crippen molar-refractivity contribution in [3.05, 3.63) is 29.4 Å². The number of thiophene rings is 1. The Morgan fingerprint density at radius 2 is 2.27 bits per heavy atom. The van der Waals surface area contributed by atoms with E-state index in [4.69, 9.17) is 0 Å². The third-order valence-corrected chi connectivity index (χ3v) is 7.55. The number of aryl methyl sites for hydroxylation is 1. The van der Waals surface area contributed by atoms with Gasteiger partial charge in [0.05, 0.1) is 18.4 Å². The monoisotopic (exact) mass is 398 g/mol. The lowest BCUT2D eigenvalue weighted by molar-refractivity contribution is 0.238. The van der Waals surface area contributed by atoms with E-state index in [0.717, 1.165) is 12.1 Å². The van der Waals surface area contributed by atoms with E-state index in [-0.39, 0.29) is 11.9 Å². The van der Waals surface area contributed by atoms with Gasteiger partial charge < -0.3 is 10.6 Å². The van der Waals surface area contributed by atoms with Gasteiger partial charge in [-0.3, -0.25) is 0 Å². The highest BCUT2D eigenvalue weighted by atomic mass is 32.2. The standard InChI is InChI=1S/C15H22N6O3S2/c1-2-21-13(10-18-19-21)9-17-15(22)16-8-12-5-6-20(11-12)26(23,24)14-4-3-7-25-14/h3-4,7,10,12H,2,5-6,8-9,11H2,1H3,(H2,16,17,22). The van der Waals surface area contributed by atoms with Gasteiger partial charge in [-0.25, -0.2) is 17.9 Å². The molecule has 1 fully saturated rings. The molecule has 1 atom stereocenters. The van der Waals surface area contributed by atoms with Crippen molar-refractivity contribution < 1.29 is 13.2 Å². The van der Waals surface area contributed by atoms with Crippen molar-refractivity contribution in [2.24, 2.45) is 5.92 Å². The molecular formula is C15H22N6O3S2. The first-order chi connectivity index (χ1) is 12.5. The first kappa shape index (κ1) is 18.8. The van der Waals surface area contributed by atoms with Crippen LogP contribution in [-0.2, 0) is 23.1 Å². The second-order valence-corrected chi connectivity index (χ2v) is 9.17. The van der Waals surface area contributed by atoms with Gasteiger partial charge in [0, 0.05) is 26.2 Å². The minimum atomic E-state index is -3.41. The Hall–Kier alpha value is -1.98. The van der Waals surface area contributed by atoms with Gasteiger partial charge in [-0.05, 0) is 30.7 Å². The van der Waals surface area contributed by atoms with Gasteiger partial charge in [-0.1, -0.05) is 11.3 Å². The van der Waals surface area contributed by atoms with E-state index in [1.807, 2.05) is 6.92 Å². The maximum atomic E-state index is 12.5. The van der Waals surface area contributed by atoms with Crippen LogP contribution in [0.4, 0.5) is 4.79 Å². The zero-order chi connectivity index (χ0) is 18.6. The van der Waals surface area contributed by atoms with E-state index in [2.05, 4.69) is 20.9 Å². The molecule has 26 heavy (non-hydrogen) atoms.